The molecule has 0 fully saturated rings. The van der Waals surface area contributed by atoms with Crippen LogP contribution in [-0.4, -0.2) is 59.7 Å². The summed E-state index contributed by atoms with van der Waals surface area (Å²) in [5.74, 6) is -0.943. The summed E-state index contributed by atoms with van der Waals surface area (Å²) in [5, 5.41) is 4.56. The molecule has 2 aliphatic heterocycles. The Balaban J connectivity index is 1.55. The van der Waals surface area contributed by atoms with Crippen molar-refractivity contribution in [3.63, 3.8) is 0 Å². The summed E-state index contributed by atoms with van der Waals surface area (Å²) in [6.45, 7) is 13.0. The van der Waals surface area contributed by atoms with E-state index < -0.39 is 43.3 Å². The number of hydrogen-bond donors (Lipinski definition) is 1. The third-order valence-electron chi connectivity index (χ3n) is 9.01. The lowest BCUT2D eigenvalue weighted by atomic mass is 9.85. The average molecular weight is 726 g/mol. The van der Waals surface area contributed by atoms with Crippen LogP contribution in [0.1, 0.15) is 77.0 Å². The highest BCUT2D eigenvalue weighted by atomic mass is 35.5. The number of nitrogens with zero attached hydrogens (tertiary/aromatic N) is 2. The lowest BCUT2D eigenvalue weighted by molar-refractivity contribution is -0.189. The predicted octanol–water partition coefficient (Wildman–Crippen LogP) is 5.41. The van der Waals surface area contributed by atoms with E-state index in [1.165, 1.54) is 6.92 Å². The molecule has 1 atom stereocenters. The molecule has 0 aliphatic carbocycles. The van der Waals surface area contributed by atoms with Gasteiger partial charge < -0.3 is 28.8 Å². The summed E-state index contributed by atoms with van der Waals surface area (Å²) in [6.07, 6.45) is 0.383. The molecule has 2 aromatic heterocycles. The predicted molar refractivity (Wildman–Crippen MR) is 190 cm³/mol. The highest BCUT2D eigenvalue weighted by Gasteiger charge is 2.50. The second-order valence-electron chi connectivity index (χ2n) is 14.3. The number of ether oxygens (including phenoxy) is 4. The topological polar surface area (TPSA) is 152 Å². The summed E-state index contributed by atoms with van der Waals surface area (Å²) in [7, 11) is -2.24. The number of halogens is 1. The number of rotatable bonds is 11. The van der Waals surface area contributed by atoms with Gasteiger partial charge in [-0.3, -0.25) is 14.4 Å². The zero-order chi connectivity index (χ0) is 36.6. The summed E-state index contributed by atoms with van der Waals surface area (Å²) in [6, 6.07) is 7.95. The molecule has 1 N–H and O–H groups in total. The number of benzene rings is 1. The number of alkyl halides is 1. The molecule has 2 aliphatic rings. The molecule has 1 unspecified atom stereocenters. The van der Waals surface area contributed by atoms with Gasteiger partial charge in [0.15, 0.2) is 0 Å². The van der Waals surface area contributed by atoms with Crippen molar-refractivity contribution in [2.24, 2.45) is 0 Å². The monoisotopic (exact) mass is 725 g/mol. The summed E-state index contributed by atoms with van der Waals surface area (Å²) in [4.78, 5) is 69.7. The van der Waals surface area contributed by atoms with Crippen molar-refractivity contribution in [1.82, 2.24) is 14.9 Å². The van der Waals surface area contributed by atoms with Gasteiger partial charge in [-0.2, -0.15) is 0 Å². The first-order valence-electron chi connectivity index (χ1n) is 16.9. The quantitative estimate of drug-likeness (QED) is 0.0531. The van der Waals surface area contributed by atoms with E-state index in [0.29, 0.717) is 28.5 Å². The number of carbonyl (C=O) groups is 4. The first kappa shape index (κ1) is 37.0. The Kier molecular flexibility index (Phi) is 10.5. The van der Waals surface area contributed by atoms with Crippen molar-refractivity contribution in [3.8, 4) is 17.1 Å². The van der Waals surface area contributed by atoms with Crippen LogP contribution in [0, 0.1) is 0 Å². The Labute approximate surface area is 296 Å². The van der Waals surface area contributed by atoms with Crippen LogP contribution in [0.15, 0.2) is 29.1 Å². The zero-order valence-corrected chi connectivity index (χ0v) is 31.4. The second kappa shape index (κ2) is 14.2. The zero-order valence-electron chi connectivity index (χ0n) is 29.6. The van der Waals surface area contributed by atoms with Crippen LogP contribution >= 0.6 is 11.6 Å². The fourth-order valence-electron chi connectivity index (χ4n) is 6.83. The lowest BCUT2D eigenvalue weighted by Crippen LogP contribution is -2.47. The van der Waals surface area contributed by atoms with Crippen LogP contribution in [0.25, 0.3) is 22.3 Å². The van der Waals surface area contributed by atoms with Crippen LogP contribution in [0.5, 0.6) is 5.75 Å². The SMILES string of the molecule is CCC1(OC(=O)CCCNC(=O)OC(C)(C)C)C(=O)OCc2c1cc1n(c2=O)Cc2c-1nc1ccc(OC(C)=O)cc1c2[Si](C)(C)CCCCl. The van der Waals surface area contributed by atoms with Gasteiger partial charge in [0, 0.05) is 36.7 Å². The Morgan fingerprint density at radius 3 is 2.52 bits per heavy atom. The van der Waals surface area contributed by atoms with Crippen LogP contribution in [0.3, 0.4) is 0 Å². The fraction of sp³-hybridized carbons (Fsp3) is 0.500. The number of nitrogens with one attached hydrogen (secondary N) is 1. The van der Waals surface area contributed by atoms with Crippen molar-refractivity contribution >= 4 is 59.8 Å². The summed E-state index contributed by atoms with van der Waals surface area (Å²) < 4.78 is 23.7. The van der Waals surface area contributed by atoms with E-state index in [1.807, 2.05) is 6.07 Å². The van der Waals surface area contributed by atoms with Gasteiger partial charge in [-0.25, -0.2) is 14.6 Å². The van der Waals surface area contributed by atoms with E-state index in [0.717, 1.165) is 28.6 Å². The van der Waals surface area contributed by atoms with Gasteiger partial charge in [0.05, 0.1) is 37.1 Å². The molecule has 1 amide bonds. The normalized spacial score (nSPS) is 16.6. The lowest BCUT2D eigenvalue weighted by Gasteiger charge is -2.35. The molecule has 0 saturated carbocycles. The third-order valence-corrected chi connectivity index (χ3v) is 12.8. The summed E-state index contributed by atoms with van der Waals surface area (Å²) in [5.41, 5.74) is 0.372. The Morgan fingerprint density at radius 2 is 1.86 bits per heavy atom. The fourth-order valence-corrected chi connectivity index (χ4v) is 10.4. The average Bonchev–Trinajstić information content (AvgIpc) is 3.39. The molecule has 5 rings (SSSR count). The number of alkyl carbamates (subject to hydrolysis) is 1. The van der Waals surface area contributed by atoms with Crippen LogP contribution in [-0.2, 0) is 47.3 Å². The van der Waals surface area contributed by atoms with Gasteiger partial charge in [0.25, 0.3) is 5.56 Å². The van der Waals surface area contributed by atoms with Crippen LogP contribution in [0.4, 0.5) is 4.79 Å². The molecule has 0 bridgehead atoms. The van der Waals surface area contributed by atoms with Gasteiger partial charge in [-0.05, 0) is 75.0 Å². The van der Waals surface area contributed by atoms with E-state index in [2.05, 4.69) is 18.4 Å². The van der Waals surface area contributed by atoms with E-state index in [-0.39, 0.29) is 55.6 Å². The molecule has 12 nitrogen and oxygen atoms in total. The first-order chi connectivity index (χ1) is 23.5. The van der Waals surface area contributed by atoms with Crippen molar-refractivity contribution in [2.45, 2.75) is 104 Å². The van der Waals surface area contributed by atoms with E-state index >= 15 is 0 Å². The molecule has 268 valence electrons. The minimum absolute atomic E-state index is 0.0319. The van der Waals surface area contributed by atoms with Crippen LogP contribution < -0.4 is 20.8 Å². The number of hydrogen-bond acceptors (Lipinski definition) is 10. The number of aromatic nitrogens is 2. The minimum atomic E-state index is -2.24. The van der Waals surface area contributed by atoms with Gasteiger partial charge in [-0.15, -0.1) is 11.6 Å². The number of cyclic esters (lactones) is 1. The minimum Gasteiger partial charge on any atom is -0.457 e. The Bertz CT molecular complexity index is 1930. The second-order valence-corrected chi connectivity index (χ2v) is 19.5. The smallest absolute Gasteiger partial charge is 0.407 e. The molecule has 1 aromatic carbocycles. The van der Waals surface area contributed by atoms with Gasteiger partial charge in [0.1, 0.15) is 18.0 Å². The van der Waals surface area contributed by atoms with Crippen molar-refractivity contribution in [1.29, 1.82) is 0 Å². The van der Waals surface area contributed by atoms with E-state index in [9.17, 15) is 24.0 Å². The van der Waals surface area contributed by atoms with Crippen molar-refractivity contribution in [2.75, 3.05) is 12.4 Å². The van der Waals surface area contributed by atoms with Crippen LogP contribution in [0.2, 0.25) is 19.1 Å². The number of carbonyl (C=O) groups excluding carboxylic acids is 4. The molecular formula is C36H44ClN3O9Si. The number of amides is 1. The maximum absolute atomic E-state index is 14.2. The molecular weight excluding hydrogens is 682 g/mol. The largest absolute Gasteiger partial charge is 0.457 e. The molecule has 50 heavy (non-hydrogen) atoms. The maximum atomic E-state index is 14.2. The molecule has 14 heteroatoms. The number of fused-ring (bicyclic) bond motifs is 5. The molecule has 0 spiro atoms. The number of pyridine rings is 2. The molecule has 0 saturated heterocycles. The first-order valence-corrected chi connectivity index (χ1v) is 20.6. The van der Waals surface area contributed by atoms with E-state index in [4.69, 9.17) is 35.5 Å². The highest BCUT2D eigenvalue weighted by Crippen LogP contribution is 2.41. The van der Waals surface area contributed by atoms with Crippen molar-refractivity contribution < 1.29 is 38.1 Å². The molecule has 0 radical (unpaired) electrons. The molecule has 4 heterocycles. The Morgan fingerprint density at radius 1 is 1.12 bits per heavy atom. The number of esters is 3. The summed E-state index contributed by atoms with van der Waals surface area (Å²) >= 11 is 6.15. The molecule has 3 aromatic rings. The van der Waals surface area contributed by atoms with Gasteiger partial charge in [0.2, 0.25) is 5.60 Å². The van der Waals surface area contributed by atoms with E-state index in [1.54, 1.807) is 50.5 Å². The van der Waals surface area contributed by atoms with Gasteiger partial charge >= 0.3 is 24.0 Å². The Hall–Kier alpha value is -4.23. The van der Waals surface area contributed by atoms with Crippen molar-refractivity contribution in [3.05, 3.63) is 51.3 Å². The third kappa shape index (κ3) is 7.29. The van der Waals surface area contributed by atoms with Gasteiger partial charge in [-0.1, -0.05) is 26.1 Å². The maximum Gasteiger partial charge on any atom is 0.407 e. The highest BCUT2D eigenvalue weighted by molar-refractivity contribution is 6.91. The standard InChI is InChI=1S/C36H44ClN3O9Si/c1-8-36(48-29(42)11-9-15-38-34(45)49-35(3,4)5)26-18-28-30-24(19-40(28)32(43)25(26)20-46-33(36)44)31(50(6,7)16-10-14-37)23-17-22(47-21(2)41)12-13-27(23)39-30/h12-13,17-18H,8-11,14-16,19-20H2,1-7H3,(H,38,45).